The molecule has 2 aliphatic rings. The van der Waals surface area contributed by atoms with Crippen molar-refractivity contribution in [3.63, 3.8) is 0 Å². The van der Waals surface area contributed by atoms with Crippen LogP contribution in [0.5, 0.6) is 0 Å². The summed E-state index contributed by atoms with van der Waals surface area (Å²) in [6, 6.07) is 0.518. The number of carboxylic acid groups (broad SMARTS) is 1. The lowest BCUT2D eigenvalue weighted by molar-refractivity contribution is -0.147. The van der Waals surface area contributed by atoms with Gasteiger partial charge in [0.05, 0.1) is 5.92 Å². The first-order valence-corrected chi connectivity index (χ1v) is 4.25. The van der Waals surface area contributed by atoms with Gasteiger partial charge in [0.15, 0.2) is 0 Å². The average Bonchev–Trinajstić information content (AvgIpc) is 1.90. The lowest BCUT2D eigenvalue weighted by atomic mass is 9.68. The summed E-state index contributed by atoms with van der Waals surface area (Å²) in [5, 5.41) is 12.2. The summed E-state index contributed by atoms with van der Waals surface area (Å²) in [5.41, 5.74) is 0. The first-order chi connectivity index (χ1) is 5.29. The summed E-state index contributed by atoms with van der Waals surface area (Å²) < 4.78 is 0. The van der Waals surface area contributed by atoms with Gasteiger partial charge in [0.1, 0.15) is 0 Å². The normalized spacial score (nSPS) is 38.8. The third kappa shape index (κ3) is 1.43. The molecule has 1 saturated heterocycles. The van der Waals surface area contributed by atoms with E-state index in [4.69, 9.17) is 5.11 Å². The Hall–Kier alpha value is -0.280. The molecule has 1 aliphatic heterocycles. The highest BCUT2D eigenvalue weighted by Gasteiger charge is 2.42. The molecule has 70 valence electrons. The van der Waals surface area contributed by atoms with Crippen molar-refractivity contribution in [2.75, 3.05) is 6.54 Å². The average molecular weight is 192 g/mol. The van der Waals surface area contributed by atoms with Crippen molar-refractivity contribution in [2.24, 2.45) is 11.8 Å². The van der Waals surface area contributed by atoms with E-state index in [1.165, 1.54) is 6.42 Å². The van der Waals surface area contributed by atoms with Crippen molar-refractivity contribution in [1.29, 1.82) is 0 Å². The lowest BCUT2D eigenvalue weighted by Gasteiger charge is -2.44. The van der Waals surface area contributed by atoms with Gasteiger partial charge in [-0.15, -0.1) is 12.4 Å². The van der Waals surface area contributed by atoms with Crippen LogP contribution in [0.1, 0.15) is 19.3 Å². The van der Waals surface area contributed by atoms with Gasteiger partial charge in [-0.2, -0.15) is 0 Å². The Morgan fingerprint density at radius 3 is 2.50 bits per heavy atom. The van der Waals surface area contributed by atoms with Crippen molar-refractivity contribution in [2.45, 2.75) is 25.3 Å². The van der Waals surface area contributed by atoms with Crippen LogP contribution < -0.4 is 5.32 Å². The highest BCUT2D eigenvalue weighted by atomic mass is 35.5. The molecule has 2 fully saturated rings. The summed E-state index contributed by atoms with van der Waals surface area (Å²) in [6.07, 6.45) is 3.10. The molecule has 0 amide bonds. The van der Waals surface area contributed by atoms with Crippen LogP contribution in [0.4, 0.5) is 0 Å². The lowest BCUT2D eigenvalue weighted by Crippen LogP contribution is -2.54. The number of piperidine rings is 1. The Bertz CT molecular complexity index is 186. The first-order valence-electron chi connectivity index (χ1n) is 4.25. The fraction of sp³-hybridized carbons (Fsp3) is 0.875. The van der Waals surface area contributed by atoms with E-state index in [2.05, 4.69) is 5.32 Å². The van der Waals surface area contributed by atoms with Gasteiger partial charge in [-0.05, 0) is 31.7 Å². The number of hydrogen-bond acceptors (Lipinski definition) is 2. The molecule has 12 heavy (non-hydrogen) atoms. The van der Waals surface area contributed by atoms with Crippen LogP contribution in [0.25, 0.3) is 0 Å². The number of fused-ring (bicyclic) bond motifs is 1. The van der Waals surface area contributed by atoms with Gasteiger partial charge in [0.25, 0.3) is 0 Å². The van der Waals surface area contributed by atoms with E-state index in [-0.39, 0.29) is 18.3 Å². The Kier molecular flexibility index (Phi) is 2.96. The molecule has 0 aromatic heterocycles. The third-order valence-corrected chi connectivity index (χ3v) is 3.02. The van der Waals surface area contributed by atoms with E-state index >= 15 is 0 Å². The maximum Gasteiger partial charge on any atom is 0.306 e. The summed E-state index contributed by atoms with van der Waals surface area (Å²) in [5.74, 6) is -0.225. The molecular weight excluding hydrogens is 178 g/mol. The van der Waals surface area contributed by atoms with Crippen molar-refractivity contribution in [3.8, 4) is 0 Å². The summed E-state index contributed by atoms with van der Waals surface area (Å²) in [4.78, 5) is 10.7. The van der Waals surface area contributed by atoms with Gasteiger partial charge in [-0.25, -0.2) is 0 Å². The zero-order valence-corrected chi connectivity index (χ0v) is 7.64. The van der Waals surface area contributed by atoms with Crippen LogP contribution in [-0.4, -0.2) is 23.7 Å². The van der Waals surface area contributed by atoms with Gasteiger partial charge in [-0.1, -0.05) is 0 Å². The molecule has 2 N–H and O–H groups in total. The van der Waals surface area contributed by atoms with Gasteiger partial charge in [-0.3, -0.25) is 4.79 Å². The molecule has 0 radical (unpaired) electrons. The minimum atomic E-state index is -0.596. The van der Waals surface area contributed by atoms with Gasteiger partial charge in [0.2, 0.25) is 0 Å². The van der Waals surface area contributed by atoms with E-state index in [1.54, 1.807) is 0 Å². The van der Waals surface area contributed by atoms with E-state index in [9.17, 15) is 4.79 Å². The van der Waals surface area contributed by atoms with Crippen LogP contribution in [0, 0.1) is 11.8 Å². The first kappa shape index (κ1) is 9.81. The fourth-order valence-corrected chi connectivity index (χ4v) is 2.21. The Labute approximate surface area is 77.9 Å². The van der Waals surface area contributed by atoms with Crippen molar-refractivity contribution < 1.29 is 9.90 Å². The number of aliphatic carboxylic acids is 1. The second-order valence-corrected chi connectivity index (χ2v) is 3.54. The molecule has 1 saturated carbocycles. The smallest absolute Gasteiger partial charge is 0.306 e. The van der Waals surface area contributed by atoms with E-state index < -0.39 is 5.97 Å². The molecule has 3 atom stereocenters. The molecule has 0 bridgehead atoms. The van der Waals surface area contributed by atoms with Crippen molar-refractivity contribution in [3.05, 3.63) is 0 Å². The molecule has 1 heterocycles. The molecule has 4 heteroatoms. The van der Waals surface area contributed by atoms with Crippen LogP contribution in [0.15, 0.2) is 0 Å². The maximum absolute atomic E-state index is 10.7. The number of carbonyl (C=O) groups is 1. The minimum absolute atomic E-state index is 0. The van der Waals surface area contributed by atoms with E-state index in [0.717, 1.165) is 19.4 Å². The molecule has 0 aromatic rings. The zero-order chi connectivity index (χ0) is 7.84. The Morgan fingerprint density at radius 1 is 1.33 bits per heavy atom. The predicted octanol–water partition coefficient (Wildman–Crippen LogP) is 0.881. The maximum atomic E-state index is 10.7. The van der Waals surface area contributed by atoms with Gasteiger partial charge < -0.3 is 10.4 Å². The molecule has 0 aromatic carbocycles. The van der Waals surface area contributed by atoms with E-state index in [1.807, 2.05) is 0 Å². The number of carboxylic acids is 1. The minimum Gasteiger partial charge on any atom is -0.481 e. The standard InChI is InChI=1S/C8H13NO2.ClH/c10-8(11)6-3-4-9-7-2-1-5(6)7;/h5-7,9H,1-4H2,(H,10,11);1H. The van der Waals surface area contributed by atoms with Crippen LogP contribution in [-0.2, 0) is 4.79 Å². The molecule has 2 rings (SSSR count). The molecule has 3 unspecified atom stereocenters. The van der Waals surface area contributed by atoms with Crippen LogP contribution >= 0.6 is 12.4 Å². The number of nitrogens with one attached hydrogen (secondary N) is 1. The second-order valence-electron chi connectivity index (χ2n) is 3.54. The number of rotatable bonds is 1. The van der Waals surface area contributed by atoms with Crippen molar-refractivity contribution in [1.82, 2.24) is 5.32 Å². The highest BCUT2D eigenvalue weighted by Crippen LogP contribution is 2.38. The molecule has 0 spiro atoms. The third-order valence-electron chi connectivity index (χ3n) is 3.02. The molecular formula is C8H14ClNO2. The van der Waals surface area contributed by atoms with Gasteiger partial charge in [0, 0.05) is 6.04 Å². The fourth-order valence-electron chi connectivity index (χ4n) is 2.21. The molecule has 3 nitrogen and oxygen atoms in total. The quantitative estimate of drug-likeness (QED) is 0.647. The molecule has 1 aliphatic carbocycles. The van der Waals surface area contributed by atoms with Gasteiger partial charge >= 0.3 is 5.97 Å². The van der Waals surface area contributed by atoms with Crippen LogP contribution in [0.2, 0.25) is 0 Å². The summed E-state index contributed by atoms with van der Waals surface area (Å²) in [7, 11) is 0. The topological polar surface area (TPSA) is 49.3 Å². The number of hydrogen-bond donors (Lipinski definition) is 2. The monoisotopic (exact) mass is 191 g/mol. The predicted molar refractivity (Wildman–Crippen MR) is 47.5 cm³/mol. The highest BCUT2D eigenvalue weighted by molar-refractivity contribution is 5.85. The second kappa shape index (κ2) is 3.62. The zero-order valence-electron chi connectivity index (χ0n) is 6.82. The van der Waals surface area contributed by atoms with Crippen molar-refractivity contribution >= 4 is 18.4 Å². The SMILES string of the molecule is Cl.O=C(O)C1CCNC2CCC21. The Balaban J connectivity index is 0.000000720. The van der Waals surface area contributed by atoms with E-state index in [0.29, 0.717) is 12.0 Å². The summed E-state index contributed by atoms with van der Waals surface area (Å²) in [6.45, 7) is 0.887. The number of halogens is 1. The van der Waals surface area contributed by atoms with Crippen LogP contribution in [0.3, 0.4) is 0 Å². The largest absolute Gasteiger partial charge is 0.481 e. The Morgan fingerprint density at radius 2 is 2.08 bits per heavy atom. The summed E-state index contributed by atoms with van der Waals surface area (Å²) >= 11 is 0.